The van der Waals surface area contributed by atoms with Gasteiger partial charge in [0, 0.05) is 11.8 Å². The van der Waals surface area contributed by atoms with Crippen LogP contribution in [-0.2, 0) is 16.0 Å². The lowest BCUT2D eigenvalue weighted by Gasteiger charge is -2.05. The van der Waals surface area contributed by atoms with E-state index in [4.69, 9.17) is 9.84 Å². The first-order valence-electron chi connectivity index (χ1n) is 8.39. The van der Waals surface area contributed by atoms with E-state index in [1.807, 2.05) is 25.1 Å². The average Bonchev–Trinajstić information content (AvgIpc) is 3.04. The van der Waals surface area contributed by atoms with E-state index in [1.165, 1.54) is 11.8 Å². The summed E-state index contributed by atoms with van der Waals surface area (Å²) in [6.07, 6.45) is -0.0405. The van der Waals surface area contributed by atoms with E-state index in [1.54, 1.807) is 24.3 Å². The van der Waals surface area contributed by atoms with Gasteiger partial charge < -0.3 is 20.1 Å². The molecule has 0 atom stereocenters. The topological polar surface area (TPSA) is 104 Å². The first kappa shape index (κ1) is 18.8. The number of H-pyrrole nitrogens is 1. The molecule has 0 bridgehead atoms. The number of nitrogens with one attached hydrogen (secondary N) is 2. The summed E-state index contributed by atoms with van der Waals surface area (Å²) in [5.41, 5.74) is 2.98. The number of carboxylic acids is 1. The van der Waals surface area contributed by atoms with Gasteiger partial charge in [-0.1, -0.05) is 23.9 Å². The zero-order chi connectivity index (χ0) is 19.2. The third-order valence-electron chi connectivity index (χ3n) is 3.68. The molecule has 3 N–H and O–H groups in total. The average molecular weight is 385 g/mol. The van der Waals surface area contributed by atoms with Gasteiger partial charge in [-0.15, -0.1) is 0 Å². The molecule has 0 aliphatic heterocycles. The van der Waals surface area contributed by atoms with Crippen LogP contribution in [0.1, 0.15) is 12.5 Å². The molecule has 1 aromatic heterocycles. The second-order valence-electron chi connectivity index (χ2n) is 5.76. The zero-order valence-corrected chi connectivity index (χ0v) is 15.5. The Morgan fingerprint density at radius 2 is 2.00 bits per heavy atom. The van der Waals surface area contributed by atoms with Crippen LogP contribution in [0.2, 0.25) is 0 Å². The van der Waals surface area contributed by atoms with Crippen LogP contribution >= 0.6 is 11.8 Å². The fraction of sp³-hybridized carbons (Fsp3) is 0.211. The number of aromatic nitrogens is 2. The van der Waals surface area contributed by atoms with Gasteiger partial charge in [-0.2, -0.15) is 0 Å². The van der Waals surface area contributed by atoms with Gasteiger partial charge in [0.1, 0.15) is 5.75 Å². The van der Waals surface area contributed by atoms with Crippen molar-refractivity contribution < 1.29 is 19.4 Å². The van der Waals surface area contributed by atoms with E-state index >= 15 is 0 Å². The lowest BCUT2D eigenvalue weighted by atomic mass is 10.1. The van der Waals surface area contributed by atoms with Crippen molar-refractivity contribution in [3.8, 4) is 5.75 Å². The molecule has 0 radical (unpaired) electrons. The van der Waals surface area contributed by atoms with Crippen molar-refractivity contribution in [3.63, 3.8) is 0 Å². The van der Waals surface area contributed by atoms with Crippen LogP contribution in [0.3, 0.4) is 0 Å². The number of rotatable bonds is 8. The SMILES string of the molecule is CCOc1ccc2nc(SCC(=O)Nc3ccc(CC(=O)O)cc3)[nH]c2c1. The van der Waals surface area contributed by atoms with Crippen molar-refractivity contribution in [1.82, 2.24) is 9.97 Å². The Balaban J connectivity index is 1.55. The molecular weight excluding hydrogens is 366 g/mol. The summed E-state index contributed by atoms with van der Waals surface area (Å²) in [4.78, 5) is 30.4. The van der Waals surface area contributed by atoms with Crippen molar-refractivity contribution in [2.45, 2.75) is 18.5 Å². The molecule has 3 rings (SSSR count). The molecule has 0 aliphatic rings. The number of thioether (sulfide) groups is 1. The first-order chi connectivity index (χ1) is 13.0. The summed E-state index contributed by atoms with van der Waals surface area (Å²) in [5.74, 6) is -0.0761. The number of ether oxygens (including phenoxy) is 1. The zero-order valence-electron chi connectivity index (χ0n) is 14.7. The Kier molecular flexibility index (Phi) is 5.97. The highest BCUT2D eigenvalue weighted by Crippen LogP contribution is 2.23. The molecule has 140 valence electrons. The molecule has 8 heteroatoms. The van der Waals surface area contributed by atoms with Crippen LogP contribution in [-0.4, -0.2) is 39.3 Å². The number of nitrogens with zero attached hydrogens (tertiary/aromatic N) is 1. The molecule has 0 saturated heterocycles. The minimum absolute atomic E-state index is 0.0405. The maximum atomic E-state index is 12.1. The molecule has 0 saturated carbocycles. The van der Waals surface area contributed by atoms with Crippen molar-refractivity contribution in [2.75, 3.05) is 17.7 Å². The monoisotopic (exact) mass is 385 g/mol. The van der Waals surface area contributed by atoms with Crippen LogP contribution in [0.4, 0.5) is 5.69 Å². The number of hydrogen-bond acceptors (Lipinski definition) is 5. The number of carbonyl (C=O) groups excluding carboxylic acids is 1. The van der Waals surface area contributed by atoms with E-state index in [-0.39, 0.29) is 18.1 Å². The first-order valence-corrected chi connectivity index (χ1v) is 9.38. The summed E-state index contributed by atoms with van der Waals surface area (Å²) in [6.45, 7) is 2.52. The maximum absolute atomic E-state index is 12.1. The second-order valence-corrected chi connectivity index (χ2v) is 6.72. The molecule has 0 aliphatic carbocycles. The number of aromatic amines is 1. The van der Waals surface area contributed by atoms with Crippen molar-refractivity contribution in [3.05, 3.63) is 48.0 Å². The van der Waals surface area contributed by atoms with Gasteiger partial charge in [-0.3, -0.25) is 9.59 Å². The molecule has 1 amide bonds. The van der Waals surface area contributed by atoms with Crippen LogP contribution in [0.25, 0.3) is 11.0 Å². The van der Waals surface area contributed by atoms with Gasteiger partial charge in [0.25, 0.3) is 0 Å². The molecule has 0 spiro atoms. The molecule has 3 aromatic rings. The van der Waals surface area contributed by atoms with E-state index < -0.39 is 5.97 Å². The Morgan fingerprint density at radius 1 is 1.22 bits per heavy atom. The van der Waals surface area contributed by atoms with Crippen molar-refractivity contribution >= 4 is 40.4 Å². The van der Waals surface area contributed by atoms with E-state index in [0.29, 0.717) is 23.0 Å². The third kappa shape index (κ3) is 5.24. The fourth-order valence-electron chi connectivity index (χ4n) is 2.50. The largest absolute Gasteiger partial charge is 0.494 e. The number of hydrogen-bond donors (Lipinski definition) is 3. The van der Waals surface area contributed by atoms with Gasteiger partial charge in [0.05, 0.1) is 29.8 Å². The molecular formula is C19H19N3O4S. The molecule has 2 aromatic carbocycles. The minimum atomic E-state index is -0.887. The summed E-state index contributed by atoms with van der Waals surface area (Å²) in [5, 5.41) is 12.2. The predicted octanol–water partition coefficient (Wildman–Crippen LogP) is 3.32. The minimum Gasteiger partial charge on any atom is -0.494 e. The number of carbonyl (C=O) groups is 2. The molecule has 7 nitrogen and oxygen atoms in total. The van der Waals surface area contributed by atoms with Gasteiger partial charge in [-0.05, 0) is 36.8 Å². The molecule has 0 fully saturated rings. The lowest BCUT2D eigenvalue weighted by molar-refractivity contribution is -0.136. The quantitative estimate of drug-likeness (QED) is 0.514. The fourth-order valence-corrected chi connectivity index (χ4v) is 3.19. The number of carboxylic acid groups (broad SMARTS) is 1. The molecule has 1 heterocycles. The summed E-state index contributed by atoms with van der Waals surface area (Å²) >= 11 is 1.31. The van der Waals surface area contributed by atoms with Gasteiger partial charge >= 0.3 is 5.97 Å². The van der Waals surface area contributed by atoms with Crippen molar-refractivity contribution in [2.24, 2.45) is 0 Å². The lowest BCUT2D eigenvalue weighted by Crippen LogP contribution is -2.14. The van der Waals surface area contributed by atoms with Gasteiger partial charge in [0.15, 0.2) is 5.16 Å². The highest BCUT2D eigenvalue weighted by atomic mass is 32.2. The van der Waals surface area contributed by atoms with Crippen LogP contribution in [0.15, 0.2) is 47.6 Å². The molecule has 27 heavy (non-hydrogen) atoms. The van der Waals surface area contributed by atoms with Gasteiger partial charge in [0.2, 0.25) is 5.91 Å². The normalized spacial score (nSPS) is 10.7. The number of amides is 1. The number of fused-ring (bicyclic) bond motifs is 1. The highest BCUT2D eigenvalue weighted by Gasteiger charge is 2.09. The Hall–Kier alpha value is -3.00. The summed E-state index contributed by atoms with van der Waals surface area (Å²) in [6, 6.07) is 12.4. The second kappa shape index (κ2) is 8.59. The number of imidazole rings is 1. The smallest absolute Gasteiger partial charge is 0.307 e. The number of benzene rings is 2. The Morgan fingerprint density at radius 3 is 2.70 bits per heavy atom. The summed E-state index contributed by atoms with van der Waals surface area (Å²) < 4.78 is 5.47. The van der Waals surface area contributed by atoms with Gasteiger partial charge in [-0.25, -0.2) is 4.98 Å². The van der Waals surface area contributed by atoms with Crippen LogP contribution in [0, 0.1) is 0 Å². The van der Waals surface area contributed by atoms with E-state index in [2.05, 4.69) is 15.3 Å². The number of anilines is 1. The standard InChI is InChI=1S/C19H19N3O4S/c1-2-26-14-7-8-15-16(10-14)22-19(21-15)27-11-17(23)20-13-5-3-12(4-6-13)9-18(24)25/h3-8,10H,2,9,11H2,1H3,(H,20,23)(H,21,22)(H,24,25). The Labute approximate surface area is 160 Å². The predicted molar refractivity (Wildman–Crippen MR) is 104 cm³/mol. The Bertz CT molecular complexity index is 953. The van der Waals surface area contributed by atoms with E-state index in [9.17, 15) is 9.59 Å². The molecule has 0 unspecified atom stereocenters. The maximum Gasteiger partial charge on any atom is 0.307 e. The third-order valence-corrected chi connectivity index (χ3v) is 4.55. The summed E-state index contributed by atoms with van der Waals surface area (Å²) in [7, 11) is 0. The van der Waals surface area contributed by atoms with E-state index in [0.717, 1.165) is 16.8 Å². The van der Waals surface area contributed by atoms with Crippen LogP contribution < -0.4 is 10.1 Å². The van der Waals surface area contributed by atoms with Crippen LogP contribution in [0.5, 0.6) is 5.75 Å². The highest BCUT2D eigenvalue weighted by molar-refractivity contribution is 7.99. The van der Waals surface area contributed by atoms with Crippen molar-refractivity contribution in [1.29, 1.82) is 0 Å². The number of aliphatic carboxylic acids is 1.